The summed E-state index contributed by atoms with van der Waals surface area (Å²) in [4.78, 5) is 20.8. The lowest BCUT2D eigenvalue weighted by atomic mass is 9.84. The van der Waals surface area contributed by atoms with Crippen molar-refractivity contribution in [3.63, 3.8) is 0 Å². The summed E-state index contributed by atoms with van der Waals surface area (Å²) in [7, 11) is 1.68. The number of aliphatic imine (C=N–C) groups is 1. The number of nitrogens with zero attached hydrogens (tertiary/aromatic N) is 3. The third kappa shape index (κ3) is 7.74. The smallest absolute Gasteiger partial charge is 0.225 e. The number of carbonyl (C=O) groups excluding carboxylic acids is 1. The van der Waals surface area contributed by atoms with Crippen molar-refractivity contribution >= 4 is 35.8 Å². The van der Waals surface area contributed by atoms with Crippen molar-refractivity contribution in [3.05, 3.63) is 29.8 Å². The summed E-state index contributed by atoms with van der Waals surface area (Å²) < 4.78 is 31.7. The summed E-state index contributed by atoms with van der Waals surface area (Å²) in [6.07, 6.45) is 3.30. The summed E-state index contributed by atoms with van der Waals surface area (Å²) in [6, 6.07) is 3.24. The lowest BCUT2D eigenvalue weighted by Crippen LogP contribution is -2.52. The topological polar surface area (TPSA) is 69.2 Å². The van der Waals surface area contributed by atoms with Crippen LogP contribution in [0.1, 0.15) is 19.3 Å². The van der Waals surface area contributed by atoms with Crippen molar-refractivity contribution in [2.24, 2.45) is 10.9 Å². The van der Waals surface area contributed by atoms with Crippen molar-refractivity contribution < 1.29 is 18.3 Å². The van der Waals surface area contributed by atoms with Crippen LogP contribution in [-0.4, -0.2) is 81.1 Å². The average molecular weight is 551 g/mol. The highest BCUT2D eigenvalue weighted by molar-refractivity contribution is 14.0. The zero-order valence-corrected chi connectivity index (χ0v) is 20.2. The molecule has 3 rings (SSSR count). The van der Waals surface area contributed by atoms with Crippen LogP contribution in [0, 0.1) is 17.6 Å². The Hall–Kier alpha value is -1.69. The van der Waals surface area contributed by atoms with Gasteiger partial charge < -0.3 is 20.3 Å². The Bertz CT molecular complexity index is 740. The molecule has 2 N–H and O–H groups in total. The zero-order valence-electron chi connectivity index (χ0n) is 17.9. The molecular weight excluding hydrogens is 519 g/mol. The first kappa shape index (κ1) is 25.6. The quantitative estimate of drug-likeness (QED) is 0.224. The molecule has 0 bridgehead atoms. The molecule has 2 fully saturated rings. The summed E-state index contributed by atoms with van der Waals surface area (Å²) in [5, 5.41) is 6.34. The van der Waals surface area contributed by atoms with Gasteiger partial charge in [0.25, 0.3) is 0 Å². The van der Waals surface area contributed by atoms with Crippen LogP contribution in [-0.2, 0) is 4.79 Å². The Labute approximate surface area is 199 Å². The van der Waals surface area contributed by atoms with Gasteiger partial charge in [-0.3, -0.25) is 14.7 Å². The monoisotopic (exact) mass is 551 g/mol. The van der Waals surface area contributed by atoms with Crippen LogP contribution >= 0.6 is 24.0 Å². The van der Waals surface area contributed by atoms with Gasteiger partial charge in [-0.25, -0.2) is 8.78 Å². The largest absolute Gasteiger partial charge is 0.489 e. The molecule has 1 saturated heterocycles. The third-order valence-electron chi connectivity index (χ3n) is 5.63. The molecule has 1 aromatic rings. The van der Waals surface area contributed by atoms with Gasteiger partial charge in [-0.05, 0) is 25.0 Å². The summed E-state index contributed by atoms with van der Waals surface area (Å²) in [5.74, 6) is -0.0727. The first-order chi connectivity index (χ1) is 14.6. The van der Waals surface area contributed by atoms with Crippen LogP contribution in [0.4, 0.5) is 8.78 Å². The molecule has 0 spiro atoms. The Morgan fingerprint density at radius 3 is 2.48 bits per heavy atom. The van der Waals surface area contributed by atoms with Crippen molar-refractivity contribution in [1.29, 1.82) is 0 Å². The molecule has 31 heavy (non-hydrogen) atoms. The highest BCUT2D eigenvalue weighted by Gasteiger charge is 2.30. The molecule has 1 amide bonds. The van der Waals surface area contributed by atoms with Gasteiger partial charge >= 0.3 is 0 Å². The Morgan fingerprint density at radius 2 is 1.87 bits per heavy atom. The standard InChI is InChI=1S/C21H31F2N5O2.HI/c1-24-21(26-8-14-30-19-6-5-17(22)15-18(19)23)25-7-9-27-10-12-28(13-11-27)20(29)16-3-2-4-16;/h5-6,15-16H,2-4,7-14H2,1H3,(H2,24,25,26);1H. The fraction of sp³-hybridized carbons (Fsp3) is 0.619. The highest BCUT2D eigenvalue weighted by Crippen LogP contribution is 2.28. The van der Waals surface area contributed by atoms with Crippen molar-refractivity contribution in [2.75, 3.05) is 59.5 Å². The van der Waals surface area contributed by atoms with Gasteiger partial charge in [0.15, 0.2) is 17.5 Å². The van der Waals surface area contributed by atoms with E-state index in [0.29, 0.717) is 18.4 Å². The molecule has 1 saturated carbocycles. The second kappa shape index (κ2) is 13.0. The van der Waals surface area contributed by atoms with Crippen LogP contribution < -0.4 is 15.4 Å². The highest BCUT2D eigenvalue weighted by atomic mass is 127. The zero-order chi connectivity index (χ0) is 21.3. The molecule has 174 valence electrons. The number of benzene rings is 1. The fourth-order valence-corrected chi connectivity index (χ4v) is 3.58. The number of piperazine rings is 1. The van der Waals surface area contributed by atoms with E-state index in [2.05, 4.69) is 20.5 Å². The van der Waals surface area contributed by atoms with Gasteiger partial charge in [-0.2, -0.15) is 0 Å². The molecule has 0 unspecified atom stereocenters. The van der Waals surface area contributed by atoms with Crippen LogP contribution in [0.3, 0.4) is 0 Å². The number of guanidine groups is 1. The predicted octanol–water partition coefficient (Wildman–Crippen LogP) is 2.07. The number of nitrogens with one attached hydrogen (secondary N) is 2. The molecule has 2 aliphatic rings. The van der Waals surface area contributed by atoms with E-state index < -0.39 is 11.6 Å². The van der Waals surface area contributed by atoms with Crippen LogP contribution in [0.5, 0.6) is 5.75 Å². The minimum atomic E-state index is -0.716. The molecule has 1 aliphatic heterocycles. The minimum Gasteiger partial charge on any atom is -0.489 e. The lowest BCUT2D eigenvalue weighted by molar-refractivity contribution is -0.139. The van der Waals surface area contributed by atoms with E-state index in [1.807, 2.05) is 4.90 Å². The normalized spacial score (nSPS) is 17.5. The third-order valence-corrected chi connectivity index (χ3v) is 5.63. The van der Waals surface area contributed by atoms with E-state index in [1.165, 1.54) is 12.5 Å². The van der Waals surface area contributed by atoms with Crippen LogP contribution in [0.15, 0.2) is 23.2 Å². The minimum absolute atomic E-state index is 0. The Kier molecular flexibility index (Phi) is 10.7. The SMILES string of the molecule is CN=C(NCCOc1ccc(F)cc1F)NCCN1CCN(C(=O)C2CCC2)CC1.I. The van der Waals surface area contributed by atoms with Crippen LogP contribution in [0.2, 0.25) is 0 Å². The number of ether oxygens (including phenoxy) is 1. The van der Waals surface area contributed by atoms with Gasteiger partial charge in [0, 0.05) is 58.3 Å². The van der Waals surface area contributed by atoms with Crippen molar-refractivity contribution in [1.82, 2.24) is 20.4 Å². The first-order valence-corrected chi connectivity index (χ1v) is 10.6. The number of carbonyl (C=O) groups is 1. The second-order valence-electron chi connectivity index (χ2n) is 7.64. The summed E-state index contributed by atoms with van der Waals surface area (Å²) in [5.41, 5.74) is 0. The van der Waals surface area contributed by atoms with E-state index in [0.717, 1.165) is 64.2 Å². The van der Waals surface area contributed by atoms with E-state index in [9.17, 15) is 13.6 Å². The number of hydrogen-bond acceptors (Lipinski definition) is 4. The van der Waals surface area contributed by atoms with Crippen molar-refractivity contribution in [2.45, 2.75) is 19.3 Å². The molecule has 10 heteroatoms. The van der Waals surface area contributed by atoms with Gasteiger partial charge in [0.1, 0.15) is 12.4 Å². The van der Waals surface area contributed by atoms with Gasteiger partial charge in [0.05, 0.1) is 6.54 Å². The maximum atomic E-state index is 13.5. The van der Waals surface area contributed by atoms with E-state index in [4.69, 9.17) is 4.74 Å². The van der Waals surface area contributed by atoms with Crippen LogP contribution in [0.25, 0.3) is 0 Å². The maximum absolute atomic E-state index is 13.5. The number of hydrogen-bond donors (Lipinski definition) is 2. The molecular formula is C21H32F2IN5O2. The molecule has 1 aromatic carbocycles. The Morgan fingerprint density at radius 1 is 1.16 bits per heavy atom. The van der Waals surface area contributed by atoms with Gasteiger partial charge in [-0.15, -0.1) is 24.0 Å². The first-order valence-electron chi connectivity index (χ1n) is 10.6. The fourth-order valence-electron chi connectivity index (χ4n) is 3.58. The Balaban J connectivity index is 0.00000341. The van der Waals surface area contributed by atoms with Crippen molar-refractivity contribution in [3.8, 4) is 5.75 Å². The van der Waals surface area contributed by atoms with E-state index in [1.54, 1.807) is 7.05 Å². The molecule has 0 aromatic heterocycles. The summed E-state index contributed by atoms with van der Waals surface area (Å²) in [6.45, 7) is 5.64. The van der Waals surface area contributed by atoms with Gasteiger partial charge in [0.2, 0.25) is 5.91 Å². The molecule has 0 atom stereocenters. The molecule has 0 radical (unpaired) electrons. The number of halogens is 3. The molecule has 7 nitrogen and oxygen atoms in total. The van der Waals surface area contributed by atoms with E-state index in [-0.39, 0.29) is 42.3 Å². The predicted molar refractivity (Wildman–Crippen MR) is 127 cm³/mol. The number of rotatable bonds is 8. The lowest BCUT2D eigenvalue weighted by Gasteiger charge is -2.38. The van der Waals surface area contributed by atoms with E-state index >= 15 is 0 Å². The summed E-state index contributed by atoms with van der Waals surface area (Å²) >= 11 is 0. The number of amides is 1. The molecule has 1 aliphatic carbocycles. The second-order valence-corrected chi connectivity index (χ2v) is 7.64. The van der Waals surface area contributed by atoms with Gasteiger partial charge in [-0.1, -0.05) is 6.42 Å². The average Bonchev–Trinajstić information content (AvgIpc) is 2.70. The molecule has 1 heterocycles. The maximum Gasteiger partial charge on any atom is 0.225 e.